The number of hydrogen-bond acceptors (Lipinski definition) is 5. The summed E-state index contributed by atoms with van der Waals surface area (Å²) in [6.45, 7) is 3.73. The van der Waals surface area contributed by atoms with Crippen molar-refractivity contribution in [2.75, 3.05) is 30.5 Å². The Morgan fingerprint density at radius 3 is 2.36 bits per heavy atom. The summed E-state index contributed by atoms with van der Waals surface area (Å²) in [6, 6.07) is 17.6. The molecule has 9 heteroatoms. The van der Waals surface area contributed by atoms with Gasteiger partial charge in [0, 0.05) is 22.2 Å². The molecule has 0 unspecified atom stereocenters. The molecule has 3 aromatic carbocycles. The molecule has 1 aliphatic rings. The quantitative estimate of drug-likeness (QED) is 0.299. The fourth-order valence-corrected chi connectivity index (χ4v) is 6.05. The van der Waals surface area contributed by atoms with Gasteiger partial charge in [-0.3, -0.25) is 4.31 Å². The van der Waals surface area contributed by atoms with Gasteiger partial charge in [0.2, 0.25) is 0 Å². The van der Waals surface area contributed by atoms with Gasteiger partial charge in [-0.15, -0.1) is 0 Å². The van der Waals surface area contributed by atoms with Crippen LogP contribution in [0.1, 0.15) is 31.2 Å². The summed E-state index contributed by atoms with van der Waals surface area (Å²) in [6.07, 6.45) is 4.68. The molecule has 0 atom stereocenters. The van der Waals surface area contributed by atoms with E-state index in [1.807, 2.05) is 24.3 Å². The minimum Gasteiger partial charge on any atom is -0.506 e. The van der Waals surface area contributed by atoms with E-state index in [1.54, 1.807) is 0 Å². The van der Waals surface area contributed by atoms with Crippen molar-refractivity contribution >= 4 is 38.9 Å². The molecule has 0 aliphatic carbocycles. The minimum atomic E-state index is -4.07. The lowest BCUT2D eigenvalue weighted by molar-refractivity contribution is 0.204. The van der Waals surface area contributed by atoms with Crippen LogP contribution in [-0.4, -0.2) is 44.7 Å². The summed E-state index contributed by atoms with van der Waals surface area (Å²) in [7, 11) is -4.07. The normalized spacial score (nSPS) is 14.5. The predicted octanol–water partition coefficient (Wildman–Crippen LogP) is 6.35. The SMILES string of the molecule is O=S(=O)(c1ccc(Cl)cc1)N(Cc1ccccc1OCCCN1CCCCC1)c1cc(Cl)ccc1O. The van der Waals surface area contributed by atoms with Crippen LogP contribution in [0, 0.1) is 0 Å². The van der Waals surface area contributed by atoms with Crippen molar-refractivity contribution in [3.05, 3.63) is 82.3 Å². The molecular weight excluding hydrogens is 519 g/mol. The average Bonchev–Trinajstić information content (AvgIpc) is 2.88. The fraction of sp³-hybridized carbons (Fsp3) is 0.333. The van der Waals surface area contributed by atoms with E-state index in [1.165, 1.54) is 61.7 Å². The Hall–Kier alpha value is -2.45. The molecule has 6 nitrogen and oxygen atoms in total. The molecule has 0 aromatic heterocycles. The smallest absolute Gasteiger partial charge is 0.264 e. The van der Waals surface area contributed by atoms with Crippen LogP contribution in [-0.2, 0) is 16.6 Å². The van der Waals surface area contributed by atoms with E-state index in [9.17, 15) is 13.5 Å². The first-order valence-corrected chi connectivity index (χ1v) is 14.2. The molecule has 0 spiro atoms. The summed E-state index contributed by atoms with van der Waals surface area (Å²) < 4.78 is 34.7. The molecule has 1 N–H and O–H groups in total. The average molecular weight is 550 g/mol. The molecule has 1 saturated heterocycles. The standard InChI is InChI=1S/C27H30Cl2N2O4S/c28-22-9-12-24(13-10-22)36(33,34)31(25-19-23(29)11-14-26(25)32)20-21-7-2-3-8-27(21)35-18-6-17-30-15-4-1-5-16-30/h2-3,7-14,19,32H,1,4-6,15-18,20H2. The predicted molar refractivity (Wildman–Crippen MR) is 145 cm³/mol. The molecular formula is C27H30Cl2N2O4S. The van der Waals surface area contributed by atoms with Crippen molar-refractivity contribution in [1.82, 2.24) is 4.90 Å². The Bertz CT molecular complexity index is 1260. The zero-order valence-corrected chi connectivity index (χ0v) is 22.3. The minimum absolute atomic E-state index is 0.0474. The topological polar surface area (TPSA) is 70.1 Å². The third kappa shape index (κ3) is 6.65. The summed E-state index contributed by atoms with van der Waals surface area (Å²) in [4.78, 5) is 2.51. The van der Waals surface area contributed by atoms with Crippen LogP contribution >= 0.6 is 23.2 Å². The number of benzene rings is 3. The summed E-state index contributed by atoms with van der Waals surface area (Å²) >= 11 is 12.2. The number of para-hydroxylation sites is 1. The van der Waals surface area contributed by atoms with Gasteiger partial charge in [-0.2, -0.15) is 0 Å². The van der Waals surface area contributed by atoms with E-state index in [0.717, 1.165) is 30.4 Å². The number of likely N-dealkylation sites (tertiary alicyclic amines) is 1. The molecule has 4 rings (SSSR count). The highest BCUT2D eigenvalue weighted by molar-refractivity contribution is 7.92. The van der Waals surface area contributed by atoms with Crippen LogP contribution in [0.5, 0.6) is 11.5 Å². The molecule has 1 aliphatic heterocycles. The van der Waals surface area contributed by atoms with Crippen molar-refractivity contribution in [3.63, 3.8) is 0 Å². The molecule has 192 valence electrons. The number of phenols is 1. The van der Waals surface area contributed by atoms with Gasteiger partial charge in [0.05, 0.1) is 23.7 Å². The highest BCUT2D eigenvalue weighted by Crippen LogP contribution is 2.36. The fourth-order valence-electron chi connectivity index (χ4n) is 4.31. The maximum absolute atomic E-state index is 13.7. The van der Waals surface area contributed by atoms with Crippen molar-refractivity contribution < 1.29 is 18.3 Å². The first-order chi connectivity index (χ1) is 17.3. The highest BCUT2D eigenvalue weighted by Gasteiger charge is 2.28. The summed E-state index contributed by atoms with van der Waals surface area (Å²) in [5, 5.41) is 11.3. The number of rotatable bonds is 10. The second kappa shape index (κ2) is 12.2. The molecule has 0 saturated carbocycles. The van der Waals surface area contributed by atoms with E-state index in [-0.39, 0.29) is 22.9 Å². The van der Waals surface area contributed by atoms with Gasteiger partial charge < -0.3 is 14.7 Å². The Labute approximate surface area is 223 Å². The third-order valence-electron chi connectivity index (χ3n) is 6.22. The zero-order valence-electron chi connectivity index (χ0n) is 19.9. The van der Waals surface area contributed by atoms with Crippen molar-refractivity contribution in [3.8, 4) is 11.5 Å². The number of piperidine rings is 1. The van der Waals surface area contributed by atoms with Gasteiger partial charge in [-0.1, -0.05) is 47.8 Å². The summed E-state index contributed by atoms with van der Waals surface area (Å²) in [5.74, 6) is 0.408. The monoisotopic (exact) mass is 548 g/mol. The highest BCUT2D eigenvalue weighted by atomic mass is 35.5. The first kappa shape index (κ1) is 26.6. The maximum atomic E-state index is 13.7. The van der Waals surface area contributed by atoms with Crippen molar-refractivity contribution in [2.45, 2.75) is 37.1 Å². The molecule has 1 fully saturated rings. The van der Waals surface area contributed by atoms with Crippen LogP contribution in [0.2, 0.25) is 10.0 Å². The van der Waals surface area contributed by atoms with Gasteiger partial charge in [0.25, 0.3) is 10.0 Å². The van der Waals surface area contributed by atoms with Crippen LogP contribution in [0.4, 0.5) is 5.69 Å². The maximum Gasteiger partial charge on any atom is 0.264 e. The third-order valence-corrected chi connectivity index (χ3v) is 8.48. The molecule has 0 radical (unpaired) electrons. The second-order valence-electron chi connectivity index (χ2n) is 8.81. The van der Waals surface area contributed by atoms with Gasteiger partial charge in [-0.05, 0) is 80.9 Å². The Balaban J connectivity index is 1.58. The van der Waals surface area contributed by atoms with Gasteiger partial charge in [0.1, 0.15) is 11.5 Å². The number of halogens is 2. The number of ether oxygens (including phenoxy) is 1. The van der Waals surface area contributed by atoms with Crippen molar-refractivity contribution in [2.24, 2.45) is 0 Å². The number of nitrogens with zero attached hydrogens (tertiary/aromatic N) is 2. The molecule has 3 aromatic rings. The second-order valence-corrected chi connectivity index (χ2v) is 11.5. The zero-order chi connectivity index (χ0) is 25.5. The Kier molecular flexibility index (Phi) is 9.01. The van der Waals surface area contributed by atoms with Crippen molar-refractivity contribution in [1.29, 1.82) is 0 Å². The van der Waals surface area contributed by atoms with Crippen LogP contribution < -0.4 is 9.04 Å². The number of hydrogen-bond donors (Lipinski definition) is 1. The largest absolute Gasteiger partial charge is 0.506 e. The lowest BCUT2D eigenvalue weighted by atomic mass is 10.1. The number of phenolic OH excluding ortho intramolecular Hbond substituents is 1. The number of aromatic hydroxyl groups is 1. The lowest BCUT2D eigenvalue weighted by Crippen LogP contribution is -2.31. The number of sulfonamides is 1. The van der Waals surface area contributed by atoms with E-state index >= 15 is 0 Å². The van der Waals surface area contributed by atoms with E-state index in [4.69, 9.17) is 27.9 Å². The molecule has 1 heterocycles. The van der Waals surface area contributed by atoms with E-state index in [2.05, 4.69) is 4.90 Å². The number of anilines is 1. The van der Waals surface area contributed by atoms with Gasteiger partial charge in [0.15, 0.2) is 0 Å². The van der Waals surface area contributed by atoms with E-state index in [0.29, 0.717) is 28.0 Å². The molecule has 0 bridgehead atoms. The lowest BCUT2D eigenvalue weighted by Gasteiger charge is -2.27. The van der Waals surface area contributed by atoms with Gasteiger partial charge in [-0.25, -0.2) is 8.42 Å². The van der Waals surface area contributed by atoms with Gasteiger partial charge >= 0.3 is 0 Å². The molecule has 36 heavy (non-hydrogen) atoms. The van der Waals surface area contributed by atoms with Crippen LogP contribution in [0.3, 0.4) is 0 Å². The molecule has 0 amide bonds. The first-order valence-electron chi connectivity index (χ1n) is 12.0. The van der Waals surface area contributed by atoms with Crippen LogP contribution in [0.15, 0.2) is 71.6 Å². The Morgan fingerprint density at radius 1 is 0.917 bits per heavy atom. The van der Waals surface area contributed by atoms with Crippen LogP contribution in [0.25, 0.3) is 0 Å². The van der Waals surface area contributed by atoms with E-state index < -0.39 is 10.0 Å². The Morgan fingerprint density at radius 2 is 1.61 bits per heavy atom. The summed E-state index contributed by atoms with van der Waals surface area (Å²) in [5.41, 5.74) is 0.754.